The van der Waals surface area contributed by atoms with Gasteiger partial charge in [-0.1, -0.05) is 65.2 Å². The molecule has 0 aliphatic rings. The summed E-state index contributed by atoms with van der Waals surface area (Å²) in [4.78, 5) is 0. The molecule has 0 fully saturated rings. The second-order valence-electron chi connectivity index (χ2n) is 4.73. The molecule has 0 saturated carbocycles. The van der Waals surface area contributed by atoms with Gasteiger partial charge in [-0.15, -0.1) is 0 Å². The van der Waals surface area contributed by atoms with E-state index in [2.05, 4.69) is 13.8 Å². The minimum absolute atomic E-state index is 0. The second kappa shape index (κ2) is 19.3. The Hall–Kier alpha value is 1.96. The first-order chi connectivity index (χ1) is 6.77. The smallest absolute Gasteiger partial charge is 0.0431 e. The number of aliphatic hydroxyl groups is 1. The van der Waals surface area contributed by atoms with E-state index in [4.69, 9.17) is 5.11 Å². The van der Waals surface area contributed by atoms with Crippen LogP contribution >= 0.6 is 0 Å². The van der Waals surface area contributed by atoms with Crippen LogP contribution in [-0.2, 0) is 0 Å². The van der Waals surface area contributed by atoms with Crippen molar-refractivity contribution in [1.29, 1.82) is 0 Å². The SMILES string of the molecule is CC(C)CCCCCCCCCCO.[Na].[Na]. The molecule has 1 N–H and O–H groups in total. The number of aliphatic hydroxyl groups excluding tert-OH is 1. The second-order valence-corrected chi connectivity index (χ2v) is 4.73. The first-order valence-corrected chi connectivity index (χ1v) is 6.38. The van der Waals surface area contributed by atoms with Crippen LogP contribution in [0.4, 0.5) is 0 Å². The number of unbranched alkanes of at least 4 members (excludes halogenated alkanes) is 7. The Balaban J connectivity index is -0.000000845. The van der Waals surface area contributed by atoms with Gasteiger partial charge < -0.3 is 5.11 Å². The fraction of sp³-hybridized carbons (Fsp3) is 1.00. The summed E-state index contributed by atoms with van der Waals surface area (Å²) in [5, 5.41) is 8.59. The van der Waals surface area contributed by atoms with Crippen LogP contribution < -0.4 is 0 Å². The van der Waals surface area contributed by atoms with E-state index < -0.39 is 0 Å². The number of hydrogen-bond donors (Lipinski definition) is 1. The Morgan fingerprint density at radius 1 is 0.688 bits per heavy atom. The maximum Gasteiger partial charge on any atom is 0.0431 e. The van der Waals surface area contributed by atoms with E-state index in [0.717, 1.165) is 12.3 Å². The van der Waals surface area contributed by atoms with Crippen LogP contribution in [0.15, 0.2) is 0 Å². The molecule has 16 heavy (non-hydrogen) atoms. The van der Waals surface area contributed by atoms with E-state index in [9.17, 15) is 0 Å². The van der Waals surface area contributed by atoms with Crippen molar-refractivity contribution in [3.63, 3.8) is 0 Å². The van der Waals surface area contributed by atoms with E-state index in [0.29, 0.717) is 6.61 Å². The van der Waals surface area contributed by atoms with E-state index >= 15 is 0 Å². The van der Waals surface area contributed by atoms with Gasteiger partial charge in [-0.2, -0.15) is 0 Å². The molecule has 1 nitrogen and oxygen atoms in total. The van der Waals surface area contributed by atoms with Crippen molar-refractivity contribution in [2.75, 3.05) is 6.61 Å². The Labute approximate surface area is 147 Å². The summed E-state index contributed by atoms with van der Waals surface area (Å²) < 4.78 is 0. The summed E-state index contributed by atoms with van der Waals surface area (Å²) in [6.07, 6.45) is 11.9. The zero-order valence-electron chi connectivity index (χ0n) is 12.1. The molecule has 3 heteroatoms. The van der Waals surface area contributed by atoms with E-state index in [1.54, 1.807) is 0 Å². The van der Waals surface area contributed by atoms with Gasteiger partial charge in [0.25, 0.3) is 0 Å². The van der Waals surface area contributed by atoms with Crippen molar-refractivity contribution in [3.05, 3.63) is 0 Å². The molecule has 0 saturated heterocycles. The average molecular weight is 246 g/mol. The summed E-state index contributed by atoms with van der Waals surface area (Å²) in [6, 6.07) is 0. The molecular formula is C13H28Na2O. The van der Waals surface area contributed by atoms with Gasteiger partial charge in [0, 0.05) is 65.7 Å². The molecule has 88 valence electrons. The summed E-state index contributed by atoms with van der Waals surface area (Å²) in [7, 11) is 0. The average Bonchev–Trinajstić information content (AvgIpc) is 2.15. The molecule has 0 aromatic rings. The molecule has 0 aliphatic carbocycles. The van der Waals surface area contributed by atoms with Gasteiger partial charge in [0.1, 0.15) is 0 Å². The van der Waals surface area contributed by atoms with Crippen LogP contribution in [0.5, 0.6) is 0 Å². The maximum absolute atomic E-state index is 8.59. The molecule has 0 aromatic heterocycles. The van der Waals surface area contributed by atoms with Crippen molar-refractivity contribution in [2.24, 2.45) is 5.92 Å². The zero-order valence-corrected chi connectivity index (χ0v) is 16.1. The van der Waals surface area contributed by atoms with E-state index in [1.807, 2.05) is 0 Å². The monoisotopic (exact) mass is 246 g/mol. The van der Waals surface area contributed by atoms with Gasteiger partial charge in [0.2, 0.25) is 0 Å². The number of hydrogen-bond acceptors (Lipinski definition) is 1. The van der Waals surface area contributed by atoms with Gasteiger partial charge in [0.05, 0.1) is 0 Å². The molecular weight excluding hydrogens is 218 g/mol. The van der Waals surface area contributed by atoms with Crippen LogP contribution in [0.2, 0.25) is 0 Å². The minimum atomic E-state index is 0. The third-order valence-electron chi connectivity index (χ3n) is 2.69. The van der Waals surface area contributed by atoms with Crippen LogP contribution in [0.3, 0.4) is 0 Å². The molecule has 0 unspecified atom stereocenters. The van der Waals surface area contributed by atoms with Crippen molar-refractivity contribution in [1.82, 2.24) is 0 Å². The molecule has 0 spiro atoms. The number of rotatable bonds is 10. The molecule has 0 aromatic carbocycles. The third-order valence-corrected chi connectivity index (χ3v) is 2.69. The van der Waals surface area contributed by atoms with Gasteiger partial charge in [-0.05, 0) is 12.3 Å². The van der Waals surface area contributed by atoms with Crippen LogP contribution in [-0.4, -0.2) is 70.8 Å². The first kappa shape index (κ1) is 23.1. The predicted molar refractivity (Wildman–Crippen MR) is 75.0 cm³/mol. The molecule has 0 bridgehead atoms. The van der Waals surface area contributed by atoms with Gasteiger partial charge >= 0.3 is 0 Å². The fourth-order valence-corrected chi connectivity index (χ4v) is 1.73. The maximum atomic E-state index is 8.59. The Kier molecular flexibility index (Phi) is 27.8. The predicted octanol–water partition coefficient (Wildman–Crippen LogP) is 3.38. The Morgan fingerprint density at radius 2 is 1.06 bits per heavy atom. The fourth-order valence-electron chi connectivity index (χ4n) is 1.73. The summed E-state index contributed by atoms with van der Waals surface area (Å²) in [5.41, 5.74) is 0. The van der Waals surface area contributed by atoms with Crippen LogP contribution in [0.1, 0.15) is 71.6 Å². The topological polar surface area (TPSA) is 20.2 Å². The van der Waals surface area contributed by atoms with Gasteiger partial charge in [0.15, 0.2) is 0 Å². The van der Waals surface area contributed by atoms with Crippen molar-refractivity contribution in [2.45, 2.75) is 71.6 Å². The molecule has 0 amide bonds. The zero-order chi connectivity index (χ0) is 10.6. The van der Waals surface area contributed by atoms with Crippen molar-refractivity contribution < 1.29 is 5.11 Å². The standard InChI is InChI=1S/C13H28O.2Na/c1-13(2)11-9-7-5-3-4-6-8-10-12-14;;/h13-14H,3-12H2,1-2H3;;. The molecule has 0 rings (SSSR count). The Morgan fingerprint density at radius 3 is 1.44 bits per heavy atom. The van der Waals surface area contributed by atoms with E-state index in [-0.39, 0.29) is 59.1 Å². The molecule has 0 heterocycles. The van der Waals surface area contributed by atoms with Crippen LogP contribution in [0, 0.1) is 5.92 Å². The molecule has 0 atom stereocenters. The largest absolute Gasteiger partial charge is 0.396 e. The van der Waals surface area contributed by atoms with Gasteiger partial charge in [-0.25, -0.2) is 0 Å². The van der Waals surface area contributed by atoms with Crippen molar-refractivity contribution in [3.8, 4) is 0 Å². The van der Waals surface area contributed by atoms with Crippen LogP contribution in [0.25, 0.3) is 0 Å². The Bertz CT molecular complexity index is 108. The van der Waals surface area contributed by atoms with Gasteiger partial charge in [-0.3, -0.25) is 0 Å². The van der Waals surface area contributed by atoms with E-state index in [1.165, 1.54) is 51.4 Å². The first-order valence-electron chi connectivity index (χ1n) is 6.38. The summed E-state index contributed by atoms with van der Waals surface area (Å²) >= 11 is 0. The van der Waals surface area contributed by atoms with Crippen molar-refractivity contribution >= 4 is 59.1 Å². The molecule has 0 aliphatic heterocycles. The normalized spacial score (nSPS) is 9.75. The summed E-state index contributed by atoms with van der Waals surface area (Å²) in [5.74, 6) is 0.875. The molecule has 2 radical (unpaired) electrons. The quantitative estimate of drug-likeness (QED) is 0.463. The summed E-state index contributed by atoms with van der Waals surface area (Å²) in [6.45, 7) is 4.97. The third kappa shape index (κ3) is 21.3. The minimum Gasteiger partial charge on any atom is -0.396 e.